The highest BCUT2D eigenvalue weighted by Gasteiger charge is 2.30. The van der Waals surface area contributed by atoms with E-state index in [1.165, 1.54) is 0 Å². The van der Waals surface area contributed by atoms with Gasteiger partial charge in [-0.2, -0.15) is 4.72 Å². The summed E-state index contributed by atoms with van der Waals surface area (Å²) in [5.74, 6) is -3.83. The molecule has 0 aromatic heterocycles. The van der Waals surface area contributed by atoms with E-state index in [-0.39, 0.29) is 18.9 Å². The van der Waals surface area contributed by atoms with E-state index in [0.29, 0.717) is 29.7 Å². The van der Waals surface area contributed by atoms with Crippen LogP contribution in [0.4, 0.5) is 8.78 Å². The molecule has 218 valence electrons. The molecule has 11 heteroatoms. The minimum Gasteiger partial charge on any atom is -0.462 e. The van der Waals surface area contributed by atoms with Crippen LogP contribution in [0, 0.1) is 11.6 Å². The summed E-state index contributed by atoms with van der Waals surface area (Å²) in [6.07, 6.45) is 0.191. The number of hydrogen-bond acceptors (Lipinski definition) is 5. The van der Waals surface area contributed by atoms with Crippen LogP contribution in [0.15, 0.2) is 108 Å². The van der Waals surface area contributed by atoms with Gasteiger partial charge in [0.2, 0.25) is 10.0 Å². The van der Waals surface area contributed by atoms with Crippen molar-refractivity contribution >= 4 is 33.5 Å². The predicted octanol–water partition coefficient (Wildman–Crippen LogP) is 5.09. The lowest BCUT2D eigenvalue weighted by Gasteiger charge is -2.22. The molecule has 7 nitrogen and oxygen atoms in total. The number of amides is 1. The number of sulfonamides is 1. The van der Waals surface area contributed by atoms with Crippen LogP contribution in [0.1, 0.15) is 21.5 Å². The van der Waals surface area contributed by atoms with Crippen LogP contribution >= 0.6 is 11.6 Å². The second-order valence-corrected chi connectivity index (χ2v) is 11.5. The van der Waals surface area contributed by atoms with E-state index >= 15 is 0 Å². The molecule has 42 heavy (non-hydrogen) atoms. The van der Waals surface area contributed by atoms with E-state index in [0.717, 1.165) is 5.56 Å². The molecule has 0 spiro atoms. The van der Waals surface area contributed by atoms with E-state index < -0.39 is 49.6 Å². The molecular weight excluding hydrogens is 586 g/mol. The fraction of sp³-hybridized carbons (Fsp3) is 0.161. The van der Waals surface area contributed by atoms with Crippen LogP contribution in [0.2, 0.25) is 5.02 Å². The molecular formula is C31H27ClF2N2O5S. The molecule has 4 rings (SSSR count). The number of carbonyl (C=O) groups is 2. The first-order valence-electron chi connectivity index (χ1n) is 12.9. The molecule has 2 unspecified atom stereocenters. The molecule has 4 aromatic rings. The van der Waals surface area contributed by atoms with E-state index in [9.17, 15) is 26.8 Å². The second kappa shape index (κ2) is 14.2. The molecule has 1 amide bonds. The van der Waals surface area contributed by atoms with Gasteiger partial charge in [-0.3, -0.25) is 9.59 Å². The zero-order valence-corrected chi connectivity index (χ0v) is 23.7. The Bertz CT molecular complexity index is 1630. The maximum absolute atomic E-state index is 14.5. The first-order valence-corrected chi connectivity index (χ1v) is 14.8. The van der Waals surface area contributed by atoms with Crippen LogP contribution in [0.25, 0.3) is 0 Å². The maximum atomic E-state index is 14.5. The molecule has 2 N–H and O–H groups in total. The molecule has 0 saturated carbocycles. The first kappa shape index (κ1) is 30.8. The number of rotatable bonds is 12. The van der Waals surface area contributed by atoms with Gasteiger partial charge in [0, 0.05) is 11.6 Å². The van der Waals surface area contributed by atoms with Crippen LogP contribution in [0.5, 0.6) is 0 Å². The van der Waals surface area contributed by atoms with Crippen molar-refractivity contribution in [1.82, 2.24) is 10.0 Å². The highest BCUT2D eigenvalue weighted by atomic mass is 35.5. The Balaban J connectivity index is 1.55. The van der Waals surface area contributed by atoms with Crippen molar-refractivity contribution in [3.05, 3.63) is 136 Å². The lowest BCUT2D eigenvalue weighted by atomic mass is 10.1. The Morgan fingerprint density at radius 1 is 0.786 bits per heavy atom. The smallest absolute Gasteiger partial charge is 0.324 e. The molecule has 0 heterocycles. The Morgan fingerprint density at radius 2 is 1.33 bits per heavy atom. The second-order valence-electron chi connectivity index (χ2n) is 9.42. The van der Waals surface area contributed by atoms with Crippen molar-refractivity contribution < 1.29 is 31.5 Å². The number of benzene rings is 4. The van der Waals surface area contributed by atoms with Gasteiger partial charge in [-0.05, 0) is 42.2 Å². The molecule has 0 aliphatic carbocycles. The number of hydrogen-bond donors (Lipinski definition) is 2. The average Bonchev–Trinajstić information content (AvgIpc) is 2.98. The summed E-state index contributed by atoms with van der Waals surface area (Å²) in [4.78, 5) is 25.3. The molecule has 0 aliphatic rings. The quantitative estimate of drug-likeness (QED) is 0.171. The fourth-order valence-electron chi connectivity index (χ4n) is 4.18. The van der Waals surface area contributed by atoms with Crippen LogP contribution in [-0.4, -0.2) is 39.0 Å². The van der Waals surface area contributed by atoms with Gasteiger partial charge in [-0.15, -0.1) is 0 Å². The SMILES string of the molecule is O=C(NC(COC(=O)C(Cc1ccccc1)NS(=O)(=O)c1cc(Cl)c(F)cc1F)Cc1ccccc1)c1ccccc1. The predicted molar refractivity (Wildman–Crippen MR) is 154 cm³/mol. The van der Waals surface area contributed by atoms with Gasteiger partial charge in [-0.25, -0.2) is 17.2 Å². The molecule has 0 aliphatic heterocycles. The third-order valence-corrected chi connectivity index (χ3v) is 8.03. The molecule has 0 saturated heterocycles. The minimum atomic E-state index is -4.68. The summed E-state index contributed by atoms with van der Waals surface area (Å²) in [5.41, 5.74) is 1.88. The Kier molecular flexibility index (Phi) is 10.4. The van der Waals surface area contributed by atoms with Crippen LogP contribution in [0.3, 0.4) is 0 Å². The van der Waals surface area contributed by atoms with Gasteiger partial charge < -0.3 is 10.1 Å². The Hall–Kier alpha value is -4.12. The first-order chi connectivity index (χ1) is 20.1. The standard InChI is InChI=1S/C31H27ClF2N2O5S/c32-25-18-29(27(34)19-26(25)33)42(39,40)36-28(17-22-12-6-2-7-13-22)31(38)41-20-24(16-21-10-4-1-5-11-21)35-30(37)23-14-8-3-9-15-23/h1-15,18-19,24,28,36H,16-17,20H2,(H,35,37). The highest BCUT2D eigenvalue weighted by Crippen LogP contribution is 2.23. The number of halogens is 3. The van der Waals surface area contributed by atoms with E-state index in [1.54, 1.807) is 60.7 Å². The van der Waals surface area contributed by atoms with E-state index in [2.05, 4.69) is 10.0 Å². The zero-order chi connectivity index (χ0) is 30.1. The number of nitrogens with one attached hydrogen (secondary N) is 2. The largest absolute Gasteiger partial charge is 0.462 e. The minimum absolute atomic E-state index is 0.130. The van der Waals surface area contributed by atoms with E-state index in [4.69, 9.17) is 16.3 Å². The summed E-state index contributed by atoms with van der Waals surface area (Å²) in [6, 6.07) is 25.1. The van der Waals surface area contributed by atoms with Crippen LogP contribution < -0.4 is 10.0 Å². The summed E-state index contributed by atoms with van der Waals surface area (Å²) in [6.45, 7) is -0.282. The maximum Gasteiger partial charge on any atom is 0.324 e. The number of esters is 1. The zero-order valence-electron chi connectivity index (χ0n) is 22.2. The van der Waals surface area contributed by atoms with Crippen molar-refractivity contribution in [2.45, 2.75) is 29.8 Å². The highest BCUT2D eigenvalue weighted by molar-refractivity contribution is 7.89. The lowest BCUT2D eigenvalue weighted by Crippen LogP contribution is -2.46. The van der Waals surface area contributed by atoms with Gasteiger partial charge >= 0.3 is 5.97 Å². The fourth-order valence-corrected chi connectivity index (χ4v) is 5.67. The van der Waals surface area contributed by atoms with Gasteiger partial charge in [0.1, 0.15) is 29.2 Å². The van der Waals surface area contributed by atoms with Gasteiger partial charge in [0.25, 0.3) is 5.91 Å². The summed E-state index contributed by atoms with van der Waals surface area (Å²) in [7, 11) is -4.68. The topological polar surface area (TPSA) is 102 Å². The monoisotopic (exact) mass is 612 g/mol. The van der Waals surface area contributed by atoms with Crippen LogP contribution in [-0.2, 0) is 32.4 Å². The average molecular weight is 613 g/mol. The molecule has 0 fully saturated rings. The summed E-state index contributed by atoms with van der Waals surface area (Å²) >= 11 is 5.70. The van der Waals surface area contributed by atoms with Crippen molar-refractivity contribution in [3.63, 3.8) is 0 Å². The number of ether oxygens (including phenoxy) is 1. The van der Waals surface area contributed by atoms with Gasteiger partial charge in [-0.1, -0.05) is 90.5 Å². The molecule has 2 atom stereocenters. The normalized spacial score (nSPS) is 12.7. The van der Waals surface area contributed by atoms with Gasteiger partial charge in [0.05, 0.1) is 11.1 Å². The van der Waals surface area contributed by atoms with E-state index in [1.807, 2.05) is 30.3 Å². The third-order valence-electron chi connectivity index (χ3n) is 6.25. The van der Waals surface area contributed by atoms with Crippen molar-refractivity contribution in [1.29, 1.82) is 0 Å². The Morgan fingerprint density at radius 3 is 1.93 bits per heavy atom. The third kappa shape index (κ3) is 8.45. The molecule has 0 radical (unpaired) electrons. The molecule has 4 aromatic carbocycles. The molecule has 0 bridgehead atoms. The summed E-state index contributed by atoms with van der Waals surface area (Å²) < 4.78 is 62.0. The Labute approximate surface area is 247 Å². The van der Waals surface area contributed by atoms with Crippen molar-refractivity contribution in [3.8, 4) is 0 Å². The number of carbonyl (C=O) groups excluding carboxylic acids is 2. The van der Waals surface area contributed by atoms with Gasteiger partial charge in [0.15, 0.2) is 0 Å². The lowest BCUT2D eigenvalue weighted by molar-refractivity contribution is -0.146. The van der Waals surface area contributed by atoms with Crippen molar-refractivity contribution in [2.24, 2.45) is 0 Å². The summed E-state index contributed by atoms with van der Waals surface area (Å²) in [5, 5.41) is 2.26. The van der Waals surface area contributed by atoms with Crippen molar-refractivity contribution in [2.75, 3.05) is 6.61 Å².